The summed E-state index contributed by atoms with van der Waals surface area (Å²) in [6, 6.07) is 3.80. The molecule has 1 saturated heterocycles. The van der Waals surface area contributed by atoms with Gasteiger partial charge in [-0.05, 0) is 19.2 Å². The lowest BCUT2D eigenvalue weighted by atomic mass is 9.84. The molecule has 0 bridgehead atoms. The molecule has 1 atom stereocenters. The molecule has 1 unspecified atom stereocenters. The van der Waals surface area contributed by atoms with Crippen molar-refractivity contribution in [1.29, 1.82) is 0 Å². The van der Waals surface area contributed by atoms with Crippen molar-refractivity contribution >= 4 is 17.5 Å². The van der Waals surface area contributed by atoms with E-state index in [9.17, 15) is 4.79 Å². The van der Waals surface area contributed by atoms with Gasteiger partial charge in [0, 0.05) is 51.5 Å². The summed E-state index contributed by atoms with van der Waals surface area (Å²) in [7, 11) is 2.12. The van der Waals surface area contributed by atoms with E-state index >= 15 is 0 Å². The zero-order valence-electron chi connectivity index (χ0n) is 15.6. The third kappa shape index (κ3) is 3.60. The zero-order chi connectivity index (χ0) is 18.8. The molecule has 3 heterocycles. The van der Waals surface area contributed by atoms with Crippen LogP contribution in [-0.4, -0.2) is 60.4 Å². The molecule has 7 nitrogen and oxygen atoms in total. The molecule has 1 fully saturated rings. The standard InChI is InChI=1S/C20H25N5O2/c1-3-6-21-19-18-15(12-14(13-16(18)26)17-5-4-11-27-17)22-20(23-19)25-9-7-24(2)8-10-25/h3-5,11,14H,1,6-10,12-13H2,2H3,(H,21,22,23). The van der Waals surface area contributed by atoms with Crippen molar-refractivity contribution in [2.24, 2.45) is 0 Å². The molecular formula is C20H25N5O2. The highest BCUT2D eigenvalue weighted by Crippen LogP contribution is 2.35. The molecule has 1 aliphatic heterocycles. The van der Waals surface area contributed by atoms with Crippen LogP contribution in [0.2, 0.25) is 0 Å². The van der Waals surface area contributed by atoms with Gasteiger partial charge in [-0.1, -0.05) is 6.08 Å². The van der Waals surface area contributed by atoms with E-state index in [2.05, 4.69) is 28.7 Å². The minimum Gasteiger partial charge on any atom is -0.469 e. The summed E-state index contributed by atoms with van der Waals surface area (Å²) in [6.07, 6.45) is 4.52. The maximum absolute atomic E-state index is 12.9. The van der Waals surface area contributed by atoms with Gasteiger partial charge in [-0.3, -0.25) is 4.79 Å². The van der Waals surface area contributed by atoms with E-state index in [1.807, 2.05) is 12.1 Å². The van der Waals surface area contributed by atoms with Crippen LogP contribution >= 0.6 is 0 Å². The number of nitrogens with one attached hydrogen (secondary N) is 1. The van der Waals surface area contributed by atoms with Gasteiger partial charge in [0.25, 0.3) is 0 Å². The average molecular weight is 367 g/mol. The molecule has 4 rings (SSSR count). The van der Waals surface area contributed by atoms with Gasteiger partial charge in [-0.25, -0.2) is 4.98 Å². The van der Waals surface area contributed by atoms with Crippen LogP contribution in [-0.2, 0) is 6.42 Å². The van der Waals surface area contributed by atoms with Crippen molar-refractivity contribution in [3.63, 3.8) is 0 Å². The van der Waals surface area contributed by atoms with Gasteiger partial charge in [-0.2, -0.15) is 4.98 Å². The number of ketones is 1. The Balaban J connectivity index is 1.70. The molecule has 142 valence electrons. The summed E-state index contributed by atoms with van der Waals surface area (Å²) in [6.45, 7) is 8.02. The highest BCUT2D eigenvalue weighted by atomic mass is 16.3. The van der Waals surface area contributed by atoms with Gasteiger partial charge < -0.3 is 19.5 Å². The number of furan rings is 1. The highest BCUT2D eigenvalue weighted by Gasteiger charge is 2.33. The number of likely N-dealkylation sites (N-methyl/N-ethyl adjacent to an activating group) is 1. The SMILES string of the molecule is C=CCNc1nc(N2CCN(C)CC2)nc2c1C(=O)CC(c1ccco1)C2. The maximum atomic E-state index is 12.9. The number of piperazine rings is 1. The zero-order valence-corrected chi connectivity index (χ0v) is 15.6. The Morgan fingerprint density at radius 2 is 2.11 bits per heavy atom. The van der Waals surface area contributed by atoms with Gasteiger partial charge in [0.2, 0.25) is 5.95 Å². The first-order valence-corrected chi connectivity index (χ1v) is 9.41. The fourth-order valence-electron chi connectivity index (χ4n) is 3.74. The van der Waals surface area contributed by atoms with Crippen molar-refractivity contribution in [3.05, 3.63) is 48.1 Å². The van der Waals surface area contributed by atoms with Crippen molar-refractivity contribution in [2.45, 2.75) is 18.8 Å². The predicted molar refractivity (Wildman–Crippen MR) is 105 cm³/mol. The van der Waals surface area contributed by atoms with Crippen LogP contribution in [0.1, 0.15) is 34.2 Å². The van der Waals surface area contributed by atoms with E-state index in [0.717, 1.165) is 37.6 Å². The lowest BCUT2D eigenvalue weighted by Crippen LogP contribution is -2.45. The molecule has 2 aliphatic rings. The van der Waals surface area contributed by atoms with E-state index in [-0.39, 0.29) is 11.7 Å². The lowest BCUT2D eigenvalue weighted by molar-refractivity contribution is 0.0959. The number of anilines is 2. The summed E-state index contributed by atoms with van der Waals surface area (Å²) < 4.78 is 5.55. The predicted octanol–water partition coefficient (Wildman–Crippen LogP) is 2.33. The molecule has 0 saturated carbocycles. The summed E-state index contributed by atoms with van der Waals surface area (Å²) in [5.41, 5.74) is 1.43. The van der Waals surface area contributed by atoms with Crippen LogP contribution in [0.25, 0.3) is 0 Å². The van der Waals surface area contributed by atoms with E-state index in [1.165, 1.54) is 0 Å². The van der Waals surface area contributed by atoms with Gasteiger partial charge in [-0.15, -0.1) is 6.58 Å². The fourth-order valence-corrected chi connectivity index (χ4v) is 3.74. The number of hydrogen-bond donors (Lipinski definition) is 1. The Bertz CT molecular complexity index is 825. The first-order valence-electron chi connectivity index (χ1n) is 9.41. The summed E-state index contributed by atoms with van der Waals surface area (Å²) in [4.78, 5) is 26.9. The Kier molecular flexibility index (Phi) is 4.94. The second-order valence-corrected chi connectivity index (χ2v) is 7.20. The second kappa shape index (κ2) is 7.52. The lowest BCUT2D eigenvalue weighted by Gasteiger charge is -2.33. The molecule has 1 aliphatic carbocycles. The van der Waals surface area contributed by atoms with Crippen LogP contribution in [0.3, 0.4) is 0 Å². The van der Waals surface area contributed by atoms with Crippen LogP contribution in [0, 0.1) is 0 Å². The van der Waals surface area contributed by atoms with Crippen molar-refractivity contribution in [1.82, 2.24) is 14.9 Å². The maximum Gasteiger partial charge on any atom is 0.227 e. The summed E-state index contributed by atoms with van der Waals surface area (Å²) in [5.74, 6) is 2.25. The number of Topliss-reactive ketones (excluding diaryl/α,β-unsaturated/α-hetero) is 1. The summed E-state index contributed by atoms with van der Waals surface area (Å²) in [5, 5.41) is 3.24. The number of nitrogens with zero attached hydrogens (tertiary/aromatic N) is 4. The molecule has 1 N–H and O–H groups in total. The Morgan fingerprint density at radius 1 is 1.30 bits per heavy atom. The number of carbonyl (C=O) groups is 1. The second-order valence-electron chi connectivity index (χ2n) is 7.20. The molecule has 2 aromatic rings. The minimum atomic E-state index is 0.0301. The molecule has 0 spiro atoms. The molecule has 0 aromatic carbocycles. The van der Waals surface area contributed by atoms with E-state index in [4.69, 9.17) is 14.4 Å². The quantitative estimate of drug-likeness (QED) is 0.813. The smallest absolute Gasteiger partial charge is 0.227 e. The normalized spacial score (nSPS) is 20.4. The van der Waals surface area contributed by atoms with Crippen molar-refractivity contribution in [3.8, 4) is 0 Å². The molecule has 0 amide bonds. The Hall–Kier alpha value is -2.67. The minimum absolute atomic E-state index is 0.0301. The van der Waals surface area contributed by atoms with Gasteiger partial charge in [0.15, 0.2) is 5.78 Å². The van der Waals surface area contributed by atoms with E-state index < -0.39 is 0 Å². The molecule has 7 heteroatoms. The van der Waals surface area contributed by atoms with Crippen molar-refractivity contribution < 1.29 is 9.21 Å². The molecular weight excluding hydrogens is 342 g/mol. The number of rotatable bonds is 5. The highest BCUT2D eigenvalue weighted by molar-refractivity contribution is 6.03. The first-order chi connectivity index (χ1) is 13.2. The number of hydrogen-bond acceptors (Lipinski definition) is 7. The topological polar surface area (TPSA) is 74.5 Å². The first kappa shape index (κ1) is 17.7. The van der Waals surface area contributed by atoms with Crippen molar-refractivity contribution in [2.75, 3.05) is 50.0 Å². The Morgan fingerprint density at radius 3 is 2.81 bits per heavy atom. The average Bonchev–Trinajstić information content (AvgIpc) is 3.21. The van der Waals surface area contributed by atoms with Gasteiger partial charge in [0.05, 0.1) is 17.5 Å². The fraction of sp³-hybridized carbons (Fsp3) is 0.450. The van der Waals surface area contributed by atoms with Gasteiger partial charge >= 0.3 is 0 Å². The Labute approximate surface area is 159 Å². The summed E-state index contributed by atoms with van der Waals surface area (Å²) >= 11 is 0. The molecule has 0 radical (unpaired) electrons. The molecule has 2 aromatic heterocycles. The van der Waals surface area contributed by atoms with Gasteiger partial charge in [0.1, 0.15) is 11.6 Å². The number of aromatic nitrogens is 2. The van der Waals surface area contributed by atoms with Crippen LogP contribution in [0.4, 0.5) is 11.8 Å². The van der Waals surface area contributed by atoms with E-state index in [0.29, 0.717) is 36.7 Å². The number of fused-ring (bicyclic) bond motifs is 1. The van der Waals surface area contributed by atoms with E-state index in [1.54, 1.807) is 12.3 Å². The van der Waals surface area contributed by atoms with Crippen LogP contribution in [0.5, 0.6) is 0 Å². The van der Waals surface area contributed by atoms with Crippen LogP contribution in [0.15, 0.2) is 35.5 Å². The number of carbonyl (C=O) groups excluding carboxylic acids is 1. The largest absolute Gasteiger partial charge is 0.469 e. The monoisotopic (exact) mass is 367 g/mol. The van der Waals surface area contributed by atoms with Crippen LogP contribution < -0.4 is 10.2 Å². The third-order valence-corrected chi connectivity index (χ3v) is 5.27. The molecule has 27 heavy (non-hydrogen) atoms. The third-order valence-electron chi connectivity index (χ3n) is 5.27.